The second-order valence-electron chi connectivity index (χ2n) is 4.83. The number of aromatic nitrogens is 2. The molecule has 3 nitrogen and oxygen atoms in total. The lowest BCUT2D eigenvalue weighted by molar-refractivity contribution is 0.620. The van der Waals surface area contributed by atoms with Crippen molar-refractivity contribution in [3.8, 4) is 5.69 Å². The Labute approximate surface area is 106 Å². The monoisotopic (exact) mass is 247 g/mol. The van der Waals surface area contributed by atoms with E-state index >= 15 is 0 Å². The summed E-state index contributed by atoms with van der Waals surface area (Å²) in [6.07, 6.45) is 1.88. The van der Waals surface area contributed by atoms with Crippen LogP contribution in [-0.2, 0) is 0 Å². The normalized spacial score (nSPS) is 13.0. The topological polar surface area (TPSA) is 43.8 Å². The lowest BCUT2D eigenvalue weighted by Crippen LogP contribution is -2.11. The molecule has 0 saturated heterocycles. The second kappa shape index (κ2) is 4.90. The highest BCUT2D eigenvalue weighted by Crippen LogP contribution is 2.22. The molecule has 2 aromatic rings. The molecule has 1 atom stereocenters. The Bertz CT molecular complexity index is 544. The molecule has 0 aliphatic heterocycles. The van der Waals surface area contributed by atoms with Crippen molar-refractivity contribution in [2.45, 2.75) is 32.7 Å². The molecule has 0 fully saturated rings. The van der Waals surface area contributed by atoms with Crippen molar-refractivity contribution in [1.82, 2.24) is 9.78 Å². The van der Waals surface area contributed by atoms with Gasteiger partial charge in [0.2, 0.25) is 0 Å². The van der Waals surface area contributed by atoms with Gasteiger partial charge in [-0.2, -0.15) is 5.10 Å². The van der Waals surface area contributed by atoms with Gasteiger partial charge in [0.25, 0.3) is 0 Å². The van der Waals surface area contributed by atoms with E-state index < -0.39 is 0 Å². The first-order valence-electron chi connectivity index (χ1n) is 6.10. The quantitative estimate of drug-likeness (QED) is 0.905. The summed E-state index contributed by atoms with van der Waals surface area (Å²) in [7, 11) is 0. The van der Waals surface area contributed by atoms with E-state index in [0.29, 0.717) is 5.92 Å². The summed E-state index contributed by atoms with van der Waals surface area (Å²) in [5, 5.41) is 4.49. The first-order valence-corrected chi connectivity index (χ1v) is 6.10. The van der Waals surface area contributed by atoms with Crippen LogP contribution in [0.15, 0.2) is 30.5 Å². The minimum atomic E-state index is -0.276. The molecule has 1 heterocycles. The van der Waals surface area contributed by atoms with Crippen molar-refractivity contribution in [3.05, 3.63) is 47.5 Å². The van der Waals surface area contributed by atoms with Crippen LogP contribution in [0.1, 0.15) is 44.0 Å². The highest BCUT2D eigenvalue weighted by Gasteiger charge is 2.12. The fraction of sp³-hybridized carbons (Fsp3) is 0.357. The number of hydrogen-bond acceptors (Lipinski definition) is 2. The van der Waals surface area contributed by atoms with Crippen LogP contribution in [-0.4, -0.2) is 9.78 Å². The summed E-state index contributed by atoms with van der Waals surface area (Å²) in [5.41, 5.74) is 8.48. The zero-order valence-corrected chi connectivity index (χ0v) is 10.9. The van der Waals surface area contributed by atoms with Crippen LogP contribution in [0.4, 0.5) is 4.39 Å². The summed E-state index contributed by atoms with van der Waals surface area (Å²) >= 11 is 0. The van der Waals surface area contributed by atoms with Gasteiger partial charge < -0.3 is 5.73 Å². The Morgan fingerprint density at radius 2 is 1.94 bits per heavy atom. The maximum Gasteiger partial charge on any atom is 0.123 e. The van der Waals surface area contributed by atoms with Gasteiger partial charge in [0.1, 0.15) is 5.82 Å². The van der Waals surface area contributed by atoms with Crippen molar-refractivity contribution in [3.63, 3.8) is 0 Å². The molecule has 0 radical (unpaired) electrons. The van der Waals surface area contributed by atoms with Gasteiger partial charge >= 0.3 is 0 Å². The molecule has 0 unspecified atom stereocenters. The van der Waals surface area contributed by atoms with Gasteiger partial charge in [0.15, 0.2) is 0 Å². The molecule has 2 rings (SSSR count). The fourth-order valence-corrected chi connectivity index (χ4v) is 1.88. The zero-order chi connectivity index (χ0) is 13.3. The number of nitrogens with zero attached hydrogens (tertiary/aromatic N) is 2. The number of nitrogens with two attached hydrogens (primary N) is 1. The minimum absolute atomic E-state index is 0.234. The molecule has 96 valence electrons. The van der Waals surface area contributed by atoms with Crippen LogP contribution in [0.2, 0.25) is 0 Å². The van der Waals surface area contributed by atoms with E-state index in [1.54, 1.807) is 10.7 Å². The smallest absolute Gasteiger partial charge is 0.123 e. The van der Waals surface area contributed by atoms with Crippen molar-refractivity contribution in [2.24, 2.45) is 5.73 Å². The van der Waals surface area contributed by atoms with Crippen LogP contribution < -0.4 is 5.73 Å². The van der Waals surface area contributed by atoms with Gasteiger partial charge in [0.05, 0.1) is 11.4 Å². The van der Waals surface area contributed by atoms with E-state index in [0.717, 1.165) is 16.9 Å². The molecular formula is C14H18FN3. The first kappa shape index (κ1) is 12.8. The van der Waals surface area contributed by atoms with Crippen LogP contribution in [0.5, 0.6) is 0 Å². The molecule has 4 heteroatoms. The van der Waals surface area contributed by atoms with Crippen LogP contribution in [0.3, 0.4) is 0 Å². The van der Waals surface area contributed by atoms with Crippen molar-refractivity contribution >= 4 is 0 Å². The van der Waals surface area contributed by atoms with Crippen molar-refractivity contribution < 1.29 is 4.39 Å². The molecule has 0 aliphatic rings. The molecular weight excluding hydrogens is 229 g/mol. The Morgan fingerprint density at radius 3 is 2.50 bits per heavy atom. The summed E-state index contributed by atoms with van der Waals surface area (Å²) in [6, 6.07) is 6.35. The lowest BCUT2D eigenvalue weighted by Gasteiger charge is -2.13. The average molecular weight is 247 g/mol. The van der Waals surface area contributed by atoms with Gasteiger partial charge in [-0.25, -0.2) is 9.07 Å². The van der Waals surface area contributed by atoms with Gasteiger partial charge in [-0.05, 0) is 42.7 Å². The van der Waals surface area contributed by atoms with Gasteiger partial charge in [-0.15, -0.1) is 0 Å². The third-order valence-corrected chi connectivity index (χ3v) is 2.93. The van der Waals surface area contributed by atoms with E-state index in [-0.39, 0.29) is 11.9 Å². The summed E-state index contributed by atoms with van der Waals surface area (Å²) in [5.74, 6) is 0.0905. The number of halogens is 1. The minimum Gasteiger partial charge on any atom is -0.324 e. The van der Waals surface area contributed by atoms with E-state index in [9.17, 15) is 4.39 Å². The highest BCUT2D eigenvalue weighted by atomic mass is 19.1. The summed E-state index contributed by atoms with van der Waals surface area (Å²) < 4.78 is 15.0. The van der Waals surface area contributed by atoms with E-state index in [1.165, 1.54) is 12.1 Å². The highest BCUT2D eigenvalue weighted by molar-refractivity contribution is 5.42. The standard InChI is InChI=1S/C14H18FN3/c1-9(2)13-6-7-18(17-13)14-5-4-11(15)8-12(14)10(3)16/h4-10H,16H2,1-3H3/t10-/m0/s1. The second-order valence-corrected chi connectivity index (χ2v) is 4.83. The van der Waals surface area contributed by atoms with Crippen LogP contribution in [0.25, 0.3) is 5.69 Å². The number of hydrogen-bond donors (Lipinski definition) is 1. The predicted octanol–water partition coefficient (Wildman–Crippen LogP) is 3.15. The molecule has 1 aromatic heterocycles. The van der Waals surface area contributed by atoms with Gasteiger partial charge in [-0.1, -0.05) is 13.8 Å². The summed E-state index contributed by atoms with van der Waals surface area (Å²) in [4.78, 5) is 0. The lowest BCUT2D eigenvalue weighted by atomic mass is 10.1. The third-order valence-electron chi connectivity index (χ3n) is 2.93. The SMILES string of the molecule is CC(C)c1ccn(-c2ccc(F)cc2[C@H](C)N)n1. The van der Waals surface area contributed by atoms with Gasteiger partial charge in [0, 0.05) is 12.2 Å². The molecule has 18 heavy (non-hydrogen) atoms. The Morgan fingerprint density at radius 1 is 1.22 bits per heavy atom. The fourth-order valence-electron chi connectivity index (χ4n) is 1.88. The van der Waals surface area contributed by atoms with Crippen molar-refractivity contribution in [1.29, 1.82) is 0 Å². The molecule has 0 aliphatic carbocycles. The maximum atomic E-state index is 13.3. The number of benzene rings is 1. The Kier molecular flexibility index (Phi) is 3.48. The molecule has 0 amide bonds. The molecule has 0 spiro atoms. The van der Waals surface area contributed by atoms with Gasteiger partial charge in [-0.3, -0.25) is 0 Å². The van der Waals surface area contributed by atoms with Crippen molar-refractivity contribution in [2.75, 3.05) is 0 Å². The van der Waals surface area contributed by atoms with E-state index in [1.807, 2.05) is 19.2 Å². The zero-order valence-electron chi connectivity index (χ0n) is 10.9. The molecule has 0 saturated carbocycles. The Balaban J connectivity index is 2.49. The molecule has 0 bridgehead atoms. The molecule has 2 N–H and O–H groups in total. The third kappa shape index (κ3) is 2.43. The Hall–Kier alpha value is -1.68. The van der Waals surface area contributed by atoms with E-state index in [4.69, 9.17) is 5.73 Å². The van der Waals surface area contributed by atoms with Crippen LogP contribution in [0, 0.1) is 5.82 Å². The molecule has 1 aromatic carbocycles. The largest absolute Gasteiger partial charge is 0.324 e. The van der Waals surface area contributed by atoms with Crippen LogP contribution >= 0.6 is 0 Å². The number of rotatable bonds is 3. The predicted molar refractivity (Wildman–Crippen MR) is 70.2 cm³/mol. The maximum absolute atomic E-state index is 13.3. The van der Waals surface area contributed by atoms with E-state index in [2.05, 4.69) is 18.9 Å². The first-order chi connectivity index (χ1) is 8.49. The average Bonchev–Trinajstić information content (AvgIpc) is 2.78. The summed E-state index contributed by atoms with van der Waals surface area (Å²) in [6.45, 7) is 6.01.